The minimum absolute atomic E-state index is 1.28. The van der Waals surface area contributed by atoms with E-state index < -0.39 is 0 Å². The van der Waals surface area contributed by atoms with Crippen molar-refractivity contribution < 1.29 is 0 Å². The van der Waals surface area contributed by atoms with Gasteiger partial charge in [-0.3, -0.25) is 0 Å². The summed E-state index contributed by atoms with van der Waals surface area (Å²) in [5.41, 5.74) is 2.94. The van der Waals surface area contributed by atoms with E-state index in [0.717, 1.165) is 0 Å². The van der Waals surface area contributed by atoms with E-state index in [-0.39, 0.29) is 0 Å². The summed E-state index contributed by atoms with van der Waals surface area (Å²) in [4.78, 5) is 1.51. The molecule has 0 saturated heterocycles. The average Bonchev–Trinajstić information content (AvgIpc) is 2.21. The molecule has 0 nitrogen and oxygen atoms in total. The third kappa shape index (κ3) is 2.77. The molecular weight excluding hydrogens is 176 g/mol. The van der Waals surface area contributed by atoms with Crippen LogP contribution in [0.4, 0.5) is 0 Å². The van der Waals surface area contributed by atoms with Gasteiger partial charge in [0.25, 0.3) is 0 Å². The highest BCUT2D eigenvalue weighted by atomic mass is 32.2. The molecule has 0 N–H and O–H groups in total. The largest absolute Gasteiger partial charge is 0.126 e. The van der Waals surface area contributed by atoms with Gasteiger partial charge < -0.3 is 0 Å². The van der Waals surface area contributed by atoms with Crippen molar-refractivity contribution in [1.82, 2.24) is 0 Å². The maximum Gasteiger partial charge on any atom is 0.0107 e. The Kier molecular flexibility index (Phi) is 4.37. The molecular formula is C12H18S. The Morgan fingerprint density at radius 1 is 1.23 bits per heavy atom. The molecule has 1 heteroatoms. The average molecular weight is 194 g/mol. The molecule has 0 amide bonds. The summed E-state index contributed by atoms with van der Waals surface area (Å²) in [6.45, 7) is 6.16. The third-order valence-corrected chi connectivity index (χ3v) is 3.25. The van der Waals surface area contributed by atoms with Crippen LogP contribution in [-0.4, -0.2) is 5.75 Å². The fraction of sp³-hybridized carbons (Fsp3) is 0.500. The van der Waals surface area contributed by atoms with E-state index >= 15 is 0 Å². The van der Waals surface area contributed by atoms with Gasteiger partial charge in [-0.15, -0.1) is 11.8 Å². The number of thioether (sulfide) groups is 1. The second-order valence-electron chi connectivity index (χ2n) is 3.06. The molecule has 0 aliphatic carbocycles. The van der Waals surface area contributed by atoms with Crippen molar-refractivity contribution in [2.45, 2.75) is 38.5 Å². The first-order valence-corrected chi connectivity index (χ1v) is 6.07. The lowest BCUT2D eigenvalue weighted by Gasteiger charge is -2.14. The van der Waals surface area contributed by atoms with Crippen LogP contribution in [0.1, 0.15) is 31.4 Å². The van der Waals surface area contributed by atoms with Gasteiger partial charge in [0, 0.05) is 4.90 Å². The van der Waals surface area contributed by atoms with E-state index in [1.807, 2.05) is 25.6 Å². The van der Waals surface area contributed by atoms with Gasteiger partial charge in [0.1, 0.15) is 0 Å². The molecule has 1 aliphatic rings. The predicted molar refractivity (Wildman–Crippen MR) is 61.6 cm³/mol. The van der Waals surface area contributed by atoms with Crippen molar-refractivity contribution in [2.24, 2.45) is 0 Å². The second-order valence-corrected chi connectivity index (χ2v) is 4.20. The van der Waals surface area contributed by atoms with Crippen molar-refractivity contribution in [3.63, 3.8) is 0 Å². The van der Waals surface area contributed by atoms with Crippen molar-refractivity contribution in [2.75, 3.05) is 5.75 Å². The van der Waals surface area contributed by atoms with E-state index in [4.69, 9.17) is 0 Å². The molecule has 0 spiro atoms. The fourth-order valence-corrected chi connectivity index (χ4v) is 2.58. The van der Waals surface area contributed by atoms with Crippen molar-refractivity contribution in [3.8, 4) is 0 Å². The normalized spacial score (nSPS) is 14.1. The first kappa shape index (κ1) is 10.6. The number of hydrogen-bond donors (Lipinski definition) is 0. The highest BCUT2D eigenvalue weighted by Crippen LogP contribution is 2.30. The Bertz CT molecular complexity index is 266. The highest BCUT2D eigenvalue weighted by Gasteiger charge is 2.08. The van der Waals surface area contributed by atoms with Gasteiger partial charge in [0.15, 0.2) is 0 Å². The number of hydrogen-bond acceptors (Lipinski definition) is 1. The number of benzene rings is 1. The third-order valence-electron chi connectivity index (χ3n) is 2.07. The summed E-state index contributed by atoms with van der Waals surface area (Å²) >= 11 is 2.00. The number of fused-ring (bicyclic) bond motifs is 1. The fourth-order valence-electron chi connectivity index (χ4n) is 1.45. The Labute approximate surface area is 85.7 Å². The van der Waals surface area contributed by atoms with Crippen LogP contribution in [0.3, 0.4) is 0 Å². The van der Waals surface area contributed by atoms with Gasteiger partial charge in [0.2, 0.25) is 0 Å². The van der Waals surface area contributed by atoms with Crippen LogP contribution in [0.25, 0.3) is 0 Å². The van der Waals surface area contributed by atoms with Gasteiger partial charge in [0.05, 0.1) is 0 Å². The number of rotatable bonds is 0. The smallest absolute Gasteiger partial charge is 0.0107 e. The van der Waals surface area contributed by atoms with E-state index in [0.29, 0.717) is 0 Å². The molecule has 0 fully saturated rings. The lowest BCUT2D eigenvalue weighted by atomic mass is 10.1. The summed E-state index contributed by atoms with van der Waals surface area (Å²) in [6.07, 6.45) is 2.63. The van der Waals surface area contributed by atoms with Crippen LogP contribution in [0, 0.1) is 6.92 Å². The maximum absolute atomic E-state index is 2.30. The van der Waals surface area contributed by atoms with E-state index in [1.165, 1.54) is 29.1 Å². The summed E-state index contributed by atoms with van der Waals surface area (Å²) in [5.74, 6) is 1.30. The first-order valence-electron chi connectivity index (χ1n) is 5.08. The summed E-state index contributed by atoms with van der Waals surface area (Å²) < 4.78 is 0. The molecule has 1 aromatic carbocycles. The van der Waals surface area contributed by atoms with Crippen LogP contribution in [0.5, 0.6) is 0 Å². The van der Waals surface area contributed by atoms with Crippen LogP contribution in [-0.2, 0) is 6.42 Å². The molecule has 72 valence electrons. The molecule has 0 atom stereocenters. The van der Waals surface area contributed by atoms with E-state index in [9.17, 15) is 0 Å². The van der Waals surface area contributed by atoms with E-state index in [1.54, 1.807) is 5.56 Å². The minimum Gasteiger partial charge on any atom is -0.126 e. The molecule has 1 aliphatic heterocycles. The highest BCUT2D eigenvalue weighted by molar-refractivity contribution is 7.99. The van der Waals surface area contributed by atoms with Crippen LogP contribution in [0.15, 0.2) is 23.1 Å². The van der Waals surface area contributed by atoms with Crippen LogP contribution in [0.2, 0.25) is 0 Å². The van der Waals surface area contributed by atoms with Gasteiger partial charge in [-0.1, -0.05) is 31.5 Å². The molecule has 2 rings (SSSR count). The number of aryl methyl sites for hydroxylation is 2. The molecule has 0 unspecified atom stereocenters. The zero-order valence-electron chi connectivity index (χ0n) is 8.76. The van der Waals surface area contributed by atoms with Gasteiger partial charge in [-0.05, 0) is 37.1 Å². The lowest BCUT2D eigenvalue weighted by Crippen LogP contribution is -1.97. The zero-order chi connectivity index (χ0) is 9.68. The van der Waals surface area contributed by atoms with Gasteiger partial charge >= 0.3 is 0 Å². The van der Waals surface area contributed by atoms with Crippen molar-refractivity contribution >= 4 is 11.8 Å². The Morgan fingerprint density at radius 3 is 2.77 bits per heavy atom. The zero-order valence-corrected chi connectivity index (χ0v) is 9.58. The monoisotopic (exact) mass is 194 g/mol. The molecule has 1 heterocycles. The van der Waals surface area contributed by atoms with Crippen LogP contribution < -0.4 is 0 Å². The Morgan fingerprint density at radius 2 is 2.00 bits per heavy atom. The van der Waals surface area contributed by atoms with Crippen LogP contribution >= 0.6 is 11.8 Å². The quantitative estimate of drug-likeness (QED) is 0.600. The minimum atomic E-state index is 1.28. The predicted octanol–water partition coefficient (Wildman–Crippen LogP) is 4.06. The molecule has 13 heavy (non-hydrogen) atoms. The van der Waals surface area contributed by atoms with Gasteiger partial charge in [-0.2, -0.15) is 0 Å². The lowest BCUT2D eigenvalue weighted by molar-refractivity contribution is 0.888. The first-order chi connectivity index (χ1) is 6.36. The summed E-state index contributed by atoms with van der Waals surface area (Å²) in [7, 11) is 0. The maximum atomic E-state index is 2.30. The Balaban J connectivity index is 0.000000396. The second kappa shape index (κ2) is 5.33. The van der Waals surface area contributed by atoms with Gasteiger partial charge in [-0.25, -0.2) is 0 Å². The SMILES string of the molecule is CC.Cc1ccc2c(c1)SCCC2. The summed E-state index contributed by atoms with van der Waals surface area (Å²) in [5, 5.41) is 0. The standard InChI is InChI=1S/C10H12S.C2H6/c1-8-4-5-9-3-2-6-11-10(9)7-8;1-2/h4-5,7H,2-3,6H2,1H3;1-2H3. The summed E-state index contributed by atoms with van der Waals surface area (Å²) in [6, 6.07) is 6.79. The molecule has 0 bridgehead atoms. The van der Waals surface area contributed by atoms with Crippen molar-refractivity contribution in [3.05, 3.63) is 29.3 Å². The Hall–Kier alpha value is -0.430. The molecule has 1 aromatic rings. The topological polar surface area (TPSA) is 0 Å². The van der Waals surface area contributed by atoms with E-state index in [2.05, 4.69) is 25.1 Å². The molecule has 0 aromatic heterocycles. The van der Waals surface area contributed by atoms with Crippen molar-refractivity contribution in [1.29, 1.82) is 0 Å². The molecule has 0 saturated carbocycles. The molecule has 0 radical (unpaired) electrons.